The quantitative estimate of drug-likeness (QED) is 0.316. The highest BCUT2D eigenvalue weighted by Crippen LogP contribution is 2.31. The SMILES string of the molecule is Brc1cccc(-c2nc(-c3ccc4ccccc4c3)c3ccccc3n2)c1. The zero-order valence-corrected chi connectivity index (χ0v) is 16.0. The highest BCUT2D eigenvalue weighted by atomic mass is 79.9. The summed E-state index contributed by atoms with van der Waals surface area (Å²) in [7, 11) is 0. The monoisotopic (exact) mass is 410 g/mol. The van der Waals surface area contributed by atoms with Crippen molar-refractivity contribution in [3.05, 3.63) is 95.5 Å². The third-order valence-electron chi connectivity index (χ3n) is 4.71. The molecule has 0 N–H and O–H groups in total. The number of para-hydroxylation sites is 1. The summed E-state index contributed by atoms with van der Waals surface area (Å²) in [5, 5.41) is 3.50. The molecule has 0 aliphatic heterocycles. The van der Waals surface area contributed by atoms with Crippen LogP contribution < -0.4 is 0 Å². The zero-order chi connectivity index (χ0) is 18.2. The number of fused-ring (bicyclic) bond motifs is 2. The normalized spacial score (nSPS) is 11.1. The summed E-state index contributed by atoms with van der Waals surface area (Å²) in [6, 6.07) is 31.2. The maximum absolute atomic E-state index is 4.96. The Morgan fingerprint density at radius 2 is 1.41 bits per heavy atom. The molecule has 2 nitrogen and oxygen atoms in total. The first-order chi connectivity index (χ1) is 13.3. The van der Waals surface area contributed by atoms with Gasteiger partial charge in [0.2, 0.25) is 0 Å². The van der Waals surface area contributed by atoms with E-state index < -0.39 is 0 Å². The van der Waals surface area contributed by atoms with E-state index in [9.17, 15) is 0 Å². The van der Waals surface area contributed by atoms with Gasteiger partial charge in [0.15, 0.2) is 5.82 Å². The van der Waals surface area contributed by atoms with Gasteiger partial charge in [-0.3, -0.25) is 0 Å². The average molecular weight is 411 g/mol. The maximum Gasteiger partial charge on any atom is 0.160 e. The molecule has 0 saturated heterocycles. The van der Waals surface area contributed by atoms with E-state index >= 15 is 0 Å². The van der Waals surface area contributed by atoms with E-state index in [0.717, 1.165) is 38.0 Å². The molecule has 3 heteroatoms. The number of benzene rings is 4. The molecular formula is C24H15BrN2. The highest BCUT2D eigenvalue weighted by Gasteiger charge is 2.12. The fourth-order valence-electron chi connectivity index (χ4n) is 3.39. The Balaban J connectivity index is 1.79. The Kier molecular flexibility index (Phi) is 3.95. The van der Waals surface area contributed by atoms with E-state index in [2.05, 4.69) is 64.5 Å². The van der Waals surface area contributed by atoms with E-state index in [0.29, 0.717) is 0 Å². The molecule has 0 aliphatic rings. The highest BCUT2D eigenvalue weighted by molar-refractivity contribution is 9.10. The molecule has 27 heavy (non-hydrogen) atoms. The Bertz CT molecular complexity index is 1290. The number of halogens is 1. The van der Waals surface area contributed by atoms with Crippen LogP contribution in [0.5, 0.6) is 0 Å². The molecule has 1 heterocycles. The van der Waals surface area contributed by atoms with Crippen molar-refractivity contribution in [2.45, 2.75) is 0 Å². The molecule has 128 valence electrons. The molecule has 0 atom stereocenters. The topological polar surface area (TPSA) is 25.8 Å². The molecule has 0 bridgehead atoms. The minimum Gasteiger partial charge on any atom is -0.228 e. The summed E-state index contributed by atoms with van der Waals surface area (Å²) < 4.78 is 1.02. The molecule has 0 radical (unpaired) electrons. The molecule has 0 spiro atoms. The lowest BCUT2D eigenvalue weighted by Gasteiger charge is -2.10. The van der Waals surface area contributed by atoms with Gasteiger partial charge >= 0.3 is 0 Å². The van der Waals surface area contributed by atoms with Gasteiger partial charge in [-0.1, -0.05) is 82.7 Å². The van der Waals surface area contributed by atoms with Crippen LogP contribution in [0.3, 0.4) is 0 Å². The summed E-state index contributed by atoms with van der Waals surface area (Å²) in [5.41, 5.74) is 4.01. The van der Waals surface area contributed by atoms with Gasteiger partial charge in [0, 0.05) is 21.0 Å². The van der Waals surface area contributed by atoms with E-state index in [1.54, 1.807) is 0 Å². The molecule has 0 fully saturated rings. The fourth-order valence-corrected chi connectivity index (χ4v) is 3.79. The van der Waals surface area contributed by atoms with Gasteiger partial charge in [0.25, 0.3) is 0 Å². The fraction of sp³-hybridized carbons (Fsp3) is 0. The number of hydrogen-bond donors (Lipinski definition) is 0. The summed E-state index contributed by atoms with van der Waals surface area (Å²) in [4.78, 5) is 9.76. The van der Waals surface area contributed by atoms with Gasteiger partial charge in [-0.2, -0.15) is 0 Å². The second-order valence-corrected chi connectivity index (χ2v) is 7.40. The van der Waals surface area contributed by atoms with Gasteiger partial charge in [0.1, 0.15) is 0 Å². The van der Waals surface area contributed by atoms with Crippen molar-refractivity contribution in [1.29, 1.82) is 0 Å². The van der Waals surface area contributed by atoms with Crippen molar-refractivity contribution >= 4 is 37.6 Å². The second-order valence-electron chi connectivity index (χ2n) is 6.49. The van der Waals surface area contributed by atoms with E-state index in [4.69, 9.17) is 9.97 Å². The van der Waals surface area contributed by atoms with Gasteiger partial charge in [-0.05, 0) is 35.0 Å². The molecule has 5 aromatic rings. The Morgan fingerprint density at radius 3 is 2.30 bits per heavy atom. The van der Waals surface area contributed by atoms with Crippen molar-refractivity contribution < 1.29 is 0 Å². The standard InChI is InChI=1S/C24H15BrN2/c25-20-9-5-8-19(15-20)24-26-22-11-4-3-10-21(22)23(27-24)18-13-12-16-6-1-2-7-17(16)14-18/h1-15H. The van der Waals surface area contributed by atoms with Crippen LogP contribution >= 0.6 is 15.9 Å². The summed E-state index contributed by atoms with van der Waals surface area (Å²) >= 11 is 3.54. The largest absolute Gasteiger partial charge is 0.228 e. The predicted octanol–water partition coefficient (Wildman–Crippen LogP) is 6.88. The minimum absolute atomic E-state index is 0.734. The van der Waals surface area contributed by atoms with E-state index in [1.165, 1.54) is 10.8 Å². The summed E-state index contributed by atoms with van der Waals surface area (Å²) in [5.74, 6) is 0.734. The van der Waals surface area contributed by atoms with Crippen LogP contribution in [-0.4, -0.2) is 9.97 Å². The molecule has 4 aromatic carbocycles. The number of rotatable bonds is 2. The minimum atomic E-state index is 0.734. The van der Waals surface area contributed by atoms with Gasteiger partial charge in [-0.15, -0.1) is 0 Å². The van der Waals surface area contributed by atoms with Crippen LogP contribution in [0.15, 0.2) is 95.5 Å². The third kappa shape index (κ3) is 3.00. The van der Waals surface area contributed by atoms with Crippen LogP contribution in [0.1, 0.15) is 0 Å². The van der Waals surface area contributed by atoms with Gasteiger partial charge in [-0.25, -0.2) is 9.97 Å². The predicted molar refractivity (Wildman–Crippen MR) is 116 cm³/mol. The van der Waals surface area contributed by atoms with Crippen LogP contribution in [0.4, 0.5) is 0 Å². The first-order valence-corrected chi connectivity index (χ1v) is 9.59. The Hall–Kier alpha value is -3.04. The molecule has 0 aliphatic carbocycles. The number of aromatic nitrogens is 2. The van der Waals surface area contributed by atoms with Crippen LogP contribution in [0.25, 0.3) is 44.3 Å². The maximum atomic E-state index is 4.96. The van der Waals surface area contributed by atoms with Crippen LogP contribution in [0, 0.1) is 0 Å². The third-order valence-corrected chi connectivity index (χ3v) is 5.20. The number of hydrogen-bond acceptors (Lipinski definition) is 2. The molecule has 0 saturated carbocycles. The first-order valence-electron chi connectivity index (χ1n) is 8.80. The first kappa shape index (κ1) is 16.2. The smallest absolute Gasteiger partial charge is 0.160 e. The average Bonchev–Trinajstić information content (AvgIpc) is 2.72. The molecule has 5 rings (SSSR count). The molecular weight excluding hydrogens is 396 g/mol. The van der Waals surface area contributed by atoms with Gasteiger partial charge in [0.05, 0.1) is 11.2 Å². The molecule has 1 aromatic heterocycles. The van der Waals surface area contributed by atoms with Crippen LogP contribution in [-0.2, 0) is 0 Å². The Morgan fingerprint density at radius 1 is 0.593 bits per heavy atom. The zero-order valence-electron chi connectivity index (χ0n) is 14.4. The van der Waals surface area contributed by atoms with Crippen molar-refractivity contribution in [2.24, 2.45) is 0 Å². The second kappa shape index (κ2) is 6.60. The van der Waals surface area contributed by atoms with Gasteiger partial charge < -0.3 is 0 Å². The van der Waals surface area contributed by atoms with Crippen molar-refractivity contribution in [3.63, 3.8) is 0 Å². The Labute approximate surface area is 165 Å². The van der Waals surface area contributed by atoms with E-state index in [-0.39, 0.29) is 0 Å². The molecule has 0 unspecified atom stereocenters. The molecule has 0 amide bonds. The lowest BCUT2D eigenvalue weighted by Crippen LogP contribution is -1.95. The lowest BCUT2D eigenvalue weighted by atomic mass is 10.0. The lowest BCUT2D eigenvalue weighted by molar-refractivity contribution is 1.23. The summed E-state index contributed by atoms with van der Waals surface area (Å²) in [6.45, 7) is 0. The van der Waals surface area contributed by atoms with Crippen LogP contribution in [0.2, 0.25) is 0 Å². The van der Waals surface area contributed by atoms with E-state index in [1.807, 2.05) is 42.5 Å². The van der Waals surface area contributed by atoms with Crippen molar-refractivity contribution in [3.8, 4) is 22.6 Å². The number of nitrogens with zero attached hydrogens (tertiary/aromatic N) is 2. The van der Waals surface area contributed by atoms with Crippen molar-refractivity contribution in [1.82, 2.24) is 9.97 Å². The summed E-state index contributed by atoms with van der Waals surface area (Å²) in [6.07, 6.45) is 0. The van der Waals surface area contributed by atoms with Crippen molar-refractivity contribution in [2.75, 3.05) is 0 Å².